The number of halogens is 1. The van der Waals surface area contributed by atoms with E-state index in [9.17, 15) is 9.59 Å². The zero-order chi connectivity index (χ0) is 20.8. The second-order valence-electron chi connectivity index (χ2n) is 6.10. The van der Waals surface area contributed by atoms with Crippen LogP contribution in [0.4, 0.5) is 10.5 Å². The van der Waals surface area contributed by atoms with E-state index in [0.717, 1.165) is 15.7 Å². The number of rotatable bonds is 6. The summed E-state index contributed by atoms with van der Waals surface area (Å²) in [4.78, 5) is 26.2. The molecule has 0 aromatic heterocycles. The van der Waals surface area contributed by atoms with Crippen LogP contribution in [0.1, 0.15) is 5.56 Å². The van der Waals surface area contributed by atoms with E-state index in [2.05, 4.69) is 26.6 Å². The van der Waals surface area contributed by atoms with Crippen molar-refractivity contribution in [2.75, 3.05) is 25.5 Å². The fourth-order valence-corrected chi connectivity index (χ4v) is 3.87. The van der Waals surface area contributed by atoms with E-state index in [4.69, 9.17) is 17.0 Å². The molecule has 9 heteroatoms. The van der Waals surface area contributed by atoms with Crippen LogP contribution >= 0.6 is 39.9 Å². The van der Waals surface area contributed by atoms with Crippen LogP contribution in [0.2, 0.25) is 0 Å². The molecule has 29 heavy (non-hydrogen) atoms. The summed E-state index contributed by atoms with van der Waals surface area (Å²) < 4.78 is 7.17. The first kappa shape index (κ1) is 21.4. The number of anilines is 1. The molecular formula is C20H18BrN3O3S2. The molecule has 0 aliphatic carbocycles. The summed E-state index contributed by atoms with van der Waals surface area (Å²) >= 11 is 9.68. The van der Waals surface area contributed by atoms with Gasteiger partial charge in [0.15, 0.2) is 0 Å². The Morgan fingerprint density at radius 2 is 2.07 bits per heavy atom. The molecule has 0 radical (unpaired) electrons. The Balaban J connectivity index is 1.60. The second kappa shape index (κ2) is 9.91. The highest BCUT2D eigenvalue weighted by molar-refractivity contribution is 9.10. The molecule has 2 aromatic rings. The van der Waals surface area contributed by atoms with Crippen molar-refractivity contribution in [2.45, 2.75) is 0 Å². The van der Waals surface area contributed by atoms with E-state index in [1.165, 1.54) is 11.8 Å². The summed E-state index contributed by atoms with van der Waals surface area (Å²) in [6, 6.07) is 14.6. The number of hydrogen-bond acceptors (Lipinski definition) is 5. The van der Waals surface area contributed by atoms with Crippen LogP contribution in [0.3, 0.4) is 0 Å². The number of carbonyl (C=O) groups excluding carboxylic acids is 2. The summed E-state index contributed by atoms with van der Waals surface area (Å²) in [5.41, 5.74) is 1.48. The average molecular weight is 492 g/mol. The first-order chi connectivity index (χ1) is 13.9. The van der Waals surface area contributed by atoms with E-state index < -0.39 is 0 Å². The number of amides is 3. The molecule has 1 fully saturated rings. The predicted octanol–water partition coefficient (Wildman–Crippen LogP) is 4.48. The Kier molecular flexibility index (Phi) is 7.29. The minimum Gasteiger partial charge on any atom is -0.491 e. The number of urea groups is 1. The van der Waals surface area contributed by atoms with E-state index in [1.54, 1.807) is 18.0 Å². The average Bonchev–Trinajstić information content (AvgIpc) is 3.01. The molecule has 1 saturated heterocycles. The molecule has 6 nitrogen and oxygen atoms in total. The van der Waals surface area contributed by atoms with Gasteiger partial charge in [-0.05, 0) is 36.4 Å². The van der Waals surface area contributed by atoms with E-state index in [0.29, 0.717) is 28.1 Å². The first-order valence-electron chi connectivity index (χ1n) is 8.67. The quantitative estimate of drug-likeness (QED) is 0.460. The van der Waals surface area contributed by atoms with Gasteiger partial charge in [0.2, 0.25) is 0 Å². The van der Waals surface area contributed by atoms with Crippen molar-refractivity contribution in [2.24, 2.45) is 0 Å². The molecule has 1 heterocycles. The number of benzene rings is 2. The third-order valence-corrected chi connectivity index (χ3v) is 5.61. The lowest BCUT2D eigenvalue weighted by Crippen LogP contribution is -2.34. The number of nitrogens with one attached hydrogen (secondary N) is 2. The van der Waals surface area contributed by atoms with Crippen LogP contribution in [-0.2, 0) is 4.79 Å². The summed E-state index contributed by atoms with van der Waals surface area (Å²) in [5.74, 6) is 0.395. The molecule has 0 saturated carbocycles. The largest absolute Gasteiger partial charge is 0.491 e. The van der Waals surface area contributed by atoms with Crippen molar-refractivity contribution in [1.82, 2.24) is 10.2 Å². The van der Waals surface area contributed by atoms with Gasteiger partial charge in [0, 0.05) is 22.8 Å². The fourth-order valence-electron chi connectivity index (χ4n) is 2.46. The van der Waals surface area contributed by atoms with Crippen molar-refractivity contribution in [3.8, 4) is 5.75 Å². The molecule has 3 rings (SSSR count). The van der Waals surface area contributed by atoms with Gasteiger partial charge in [0.1, 0.15) is 16.7 Å². The smallest absolute Gasteiger partial charge is 0.321 e. The number of hydrogen-bond donors (Lipinski definition) is 2. The van der Waals surface area contributed by atoms with Crippen molar-refractivity contribution in [1.29, 1.82) is 0 Å². The molecule has 0 spiro atoms. The number of thioether (sulfide) groups is 1. The van der Waals surface area contributed by atoms with E-state index >= 15 is 0 Å². The van der Waals surface area contributed by atoms with Crippen LogP contribution in [0.5, 0.6) is 5.75 Å². The van der Waals surface area contributed by atoms with Gasteiger partial charge in [-0.1, -0.05) is 58.1 Å². The molecular weight excluding hydrogens is 474 g/mol. The minimum absolute atomic E-state index is 0.217. The highest BCUT2D eigenvalue weighted by Crippen LogP contribution is 2.31. The molecule has 1 aliphatic heterocycles. The van der Waals surface area contributed by atoms with Gasteiger partial charge in [0.05, 0.1) is 11.4 Å². The summed E-state index contributed by atoms with van der Waals surface area (Å²) in [7, 11) is 1.70. The van der Waals surface area contributed by atoms with Crippen LogP contribution in [0.15, 0.2) is 57.9 Å². The summed E-state index contributed by atoms with van der Waals surface area (Å²) in [6.07, 6.45) is 1.74. The lowest BCUT2D eigenvalue weighted by molar-refractivity contribution is -0.115. The van der Waals surface area contributed by atoms with Crippen LogP contribution in [-0.4, -0.2) is 41.4 Å². The van der Waals surface area contributed by atoms with Crippen molar-refractivity contribution >= 4 is 67.9 Å². The lowest BCUT2D eigenvalue weighted by atomic mass is 10.2. The van der Waals surface area contributed by atoms with Crippen molar-refractivity contribution in [3.63, 3.8) is 0 Å². The molecule has 2 aromatic carbocycles. The number of thiocarbonyl (C=S) groups is 1. The Hall–Kier alpha value is -2.36. The van der Waals surface area contributed by atoms with Gasteiger partial charge in [-0.3, -0.25) is 4.79 Å². The van der Waals surface area contributed by atoms with Crippen LogP contribution in [0.25, 0.3) is 6.08 Å². The van der Waals surface area contributed by atoms with E-state index in [1.807, 2.05) is 48.5 Å². The SMILES string of the molecule is CN(CCOc1ccc(Br)cc1/C=C1\SC(=S)NC1=O)C(=O)Nc1ccccc1. The molecule has 3 amide bonds. The zero-order valence-corrected chi connectivity index (χ0v) is 18.7. The number of ether oxygens (including phenoxy) is 1. The van der Waals surface area contributed by atoms with E-state index in [-0.39, 0.29) is 11.9 Å². The highest BCUT2D eigenvalue weighted by atomic mass is 79.9. The molecule has 0 bridgehead atoms. The van der Waals surface area contributed by atoms with Crippen LogP contribution in [0, 0.1) is 0 Å². The van der Waals surface area contributed by atoms with Crippen molar-refractivity contribution < 1.29 is 14.3 Å². The molecule has 0 atom stereocenters. The maximum atomic E-state index is 12.2. The minimum atomic E-state index is -0.219. The number of carbonyl (C=O) groups is 2. The molecule has 0 unspecified atom stereocenters. The van der Waals surface area contributed by atoms with Gasteiger partial charge < -0.3 is 20.3 Å². The molecule has 1 aliphatic rings. The third-order valence-electron chi connectivity index (χ3n) is 3.96. The predicted molar refractivity (Wildman–Crippen MR) is 124 cm³/mol. The first-order valence-corrected chi connectivity index (χ1v) is 10.7. The Morgan fingerprint density at radius 1 is 1.31 bits per heavy atom. The summed E-state index contributed by atoms with van der Waals surface area (Å²) in [5, 5.41) is 5.42. The molecule has 2 N–H and O–H groups in total. The van der Waals surface area contributed by atoms with Gasteiger partial charge in [-0.2, -0.15) is 0 Å². The monoisotopic (exact) mass is 491 g/mol. The zero-order valence-electron chi connectivity index (χ0n) is 15.5. The standard InChI is InChI=1S/C20H18BrN3O3S2/c1-24(19(26)22-15-5-3-2-4-6-15)9-10-27-16-8-7-14(21)11-13(16)12-17-18(25)23-20(28)29-17/h2-8,11-12H,9-10H2,1H3,(H,22,26)(H,23,25,28)/b17-12-. The van der Waals surface area contributed by atoms with Gasteiger partial charge in [-0.15, -0.1) is 0 Å². The maximum Gasteiger partial charge on any atom is 0.321 e. The Labute approximate surface area is 186 Å². The van der Waals surface area contributed by atoms with Gasteiger partial charge in [-0.25, -0.2) is 4.79 Å². The lowest BCUT2D eigenvalue weighted by Gasteiger charge is -2.19. The Bertz CT molecular complexity index is 967. The number of nitrogens with zero attached hydrogens (tertiary/aromatic N) is 1. The van der Waals surface area contributed by atoms with Gasteiger partial charge >= 0.3 is 6.03 Å². The number of likely N-dealkylation sites (N-methyl/N-ethyl adjacent to an activating group) is 1. The third kappa shape index (κ3) is 6.06. The maximum absolute atomic E-state index is 12.2. The topological polar surface area (TPSA) is 70.7 Å². The second-order valence-corrected chi connectivity index (χ2v) is 8.74. The molecule has 150 valence electrons. The normalized spacial score (nSPS) is 14.6. The number of para-hydroxylation sites is 1. The van der Waals surface area contributed by atoms with Crippen molar-refractivity contribution in [3.05, 3.63) is 63.5 Å². The van der Waals surface area contributed by atoms with Gasteiger partial charge in [0.25, 0.3) is 5.91 Å². The fraction of sp³-hybridized carbons (Fsp3) is 0.150. The highest BCUT2D eigenvalue weighted by Gasteiger charge is 2.22. The summed E-state index contributed by atoms with van der Waals surface area (Å²) in [6.45, 7) is 0.693. The Morgan fingerprint density at radius 3 is 2.76 bits per heavy atom. The van der Waals surface area contributed by atoms with Crippen LogP contribution < -0.4 is 15.4 Å².